The van der Waals surface area contributed by atoms with Crippen molar-refractivity contribution in [2.45, 2.75) is 26.2 Å². The summed E-state index contributed by atoms with van der Waals surface area (Å²) in [6, 6.07) is 4.28. The number of hydrogen-bond acceptors (Lipinski definition) is 2. The summed E-state index contributed by atoms with van der Waals surface area (Å²) < 4.78 is 13.7. The summed E-state index contributed by atoms with van der Waals surface area (Å²) >= 11 is 3.08. The van der Waals surface area contributed by atoms with E-state index in [9.17, 15) is 19.1 Å². The maximum Gasteiger partial charge on any atom is 0.311 e. The molecule has 1 unspecified atom stereocenters. The lowest BCUT2D eigenvalue weighted by atomic mass is 9.77. The summed E-state index contributed by atoms with van der Waals surface area (Å²) in [6.45, 7) is 2.48. The molecule has 1 heterocycles. The molecule has 1 fully saturated rings. The molecule has 1 aromatic carbocycles. The first-order valence-corrected chi connectivity index (χ1v) is 7.67. The molecule has 0 aromatic heterocycles. The normalized spacial score (nSPS) is 22.1. The summed E-state index contributed by atoms with van der Waals surface area (Å²) in [4.78, 5) is 25.6. The number of amides is 1. The molecule has 0 bridgehead atoms. The van der Waals surface area contributed by atoms with E-state index in [1.807, 2.05) is 6.92 Å². The van der Waals surface area contributed by atoms with Crippen LogP contribution in [0.1, 0.15) is 36.5 Å². The molecule has 6 heteroatoms. The van der Waals surface area contributed by atoms with Gasteiger partial charge < -0.3 is 10.0 Å². The van der Waals surface area contributed by atoms with E-state index in [1.54, 1.807) is 6.07 Å². The fourth-order valence-electron chi connectivity index (χ4n) is 2.76. The topological polar surface area (TPSA) is 57.6 Å². The van der Waals surface area contributed by atoms with Crippen molar-refractivity contribution < 1.29 is 19.1 Å². The molecule has 1 aliphatic rings. The lowest BCUT2D eigenvalue weighted by Crippen LogP contribution is -2.49. The molecule has 0 spiro atoms. The fourth-order valence-corrected chi connectivity index (χ4v) is 3.19. The second-order valence-corrected chi connectivity index (χ2v) is 6.16. The average Bonchev–Trinajstić information content (AvgIpc) is 2.49. The fraction of sp³-hybridized carbons (Fsp3) is 0.467. The maximum atomic E-state index is 13.5. The zero-order valence-corrected chi connectivity index (χ0v) is 13.3. The number of carboxylic acid groups (broad SMARTS) is 1. The number of carboxylic acids is 1. The van der Waals surface area contributed by atoms with Crippen LogP contribution in [-0.4, -0.2) is 35.0 Å². The van der Waals surface area contributed by atoms with E-state index in [0.717, 1.165) is 0 Å². The van der Waals surface area contributed by atoms with Gasteiger partial charge in [0.2, 0.25) is 0 Å². The van der Waals surface area contributed by atoms with E-state index in [2.05, 4.69) is 15.9 Å². The van der Waals surface area contributed by atoms with Crippen LogP contribution in [0.2, 0.25) is 0 Å². The van der Waals surface area contributed by atoms with Crippen LogP contribution in [0.4, 0.5) is 4.39 Å². The first-order chi connectivity index (χ1) is 9.91. The highest BCUT2D eigenvalue weighted by Gasteiger charge is 2.42. The molecule has 1 aliphatic heterocycles. The third kappa shape index (κ3) is 2.95. The summed E-state index contributed by atoms with van der Waals surface area (Å²) in [5.74, 6) is -1.71. The first kappa shape index (κ1) is 15.9. The minimum absolute atomic E-state index is 0.123. The van der Waals surface area contributed by atoms with Crippen molar-refractivity contribution in [3.05, 3.63) is 34.1 Å². The molecule has 1 amide bonds. The summed E-state index contributed by atoms with van der Waals surface area (Å²) in [5, 5.41) is 9.45. The Morgan fingerprint density at radius 2 is 2.19 bits per heavy atom. The van der Waals surface area contributed by atoms with Crippen LogP contribution in [0.3, 0.4) is 0 Å². The largest absolute Gasteiger partial charge is 0.481 e. The van der Waals surface area contributed by atoms with Crippen LogP contribution in [0.15, 0.2) is 22.7 Å². The summed E-state index contributed by atoms with van der Waals surface area (Å²) in [5.41, 5.74) is -0.666. The molecule has 1 saturated heterocycles. The SMILES string of the molecule is CCC1(C(=O)O)CCCN(C(=O)c2cccc(F)c2Br)C1. The number of hydrogen-bond donors (Lipinski definition) is 1. The molecule has 0 aliphatic carbocycles. The van der Waals surface area contributed by atoms with Crippen molar-refractivity contribution >= 4 is 27.8 Å². The van der Waals surface area contributed by atoms with Crippen LogP contribution in [0.25, 0.3) is 0 Å². The third-order valence-electron chi connectivity index (χ3n) is 4.18. The number of rotatable bonds is 3. The zero-order valence-electron chi connectivity index (χ0n) is 11.7. The number of carbonyl (C=O) groups excluding carboxylic acids is 1. The molecule has 4 nitrogen and oxygen atoms in total. The Hall–Kier alpha value is -1.43. The van der Waals surface area contributed by atoms with Gasteiger partial charge in [-0.25, -0.2) is 4.39 Å². The minimum atomic E-state index is -0.895. The highest BCUT2D eigenvalue weighted by atomic mass is 79.9. The van der Waals surface area contributed by atoms with E-state index < -0.39 is 17.2 Å². The second kappa shape index (κ2) is 6.13. The van der Waals surface area contributed by atoms with Crippen molar-refractivity contribution in [2.75, 3.05) is 13.1 Å². The molecule has 1 N–H and O–H groups in total. The average molecular weight is 358 g/mol. The van der Waals surface area contributed by atoms with Gasteiger partial charge in [-0.15, -0.1) is 0 Å². The van der Waals surface area contributed by atoms with Crippen LogP contribution in [0, 0.1) is 11.2 Å². The van der Waals surface area contributed by atoms with E-state index in [0.29, 0.717) is 25.8 Å². The van der Waals surface area contributed by atoms with Crippen LogP contribution < -0.4 is 0 Å². The monoisotopic (exact) mass is 357 g/mol. The van der Waals surface area contributed by atoms with Gasteiger partial charge in [0.1, 0.15) is 5.82 Å². The van der Waals surface area contributed by atoms with Gasteiger partial charge in [-0.2, -0.15) is 0 Å². The number of benzene rings is 1. The Morgan fingerprint density at radius 3 is 2.81 bits per heavy atom. The number of likely N-dealkylation sites (tertiary alicyclic amines) is 1. The number of carbonyl (C=O) groups is 2. The maximum absolute atomic E-state index is 13.5. The number of aliphatic carboxylic acids is 1. The van der Waals surface area contributed by atoms with Gasteiger partial charge in [-0.05, 0) is 47.3 Å². The highest BCUT2D eigenvalue weighted by Crippen LogP contribution is 2.35. The predicted molar refractivity (Wildman–Crippen MR) is 79.6 cm³/mol. The van der Waals surface area contributed by atoms with E-state index >= 15 is 0 Å². The smallest absolute Gasteiger partial charge is 0.311 e. The predicted octanol–water partition coefficient (Wildman–Crippen LogP) is 3.31. The van der Waals surface area contributed by atoms with Crippen molar-refractivity contribution in [3.8, 4) is 0 Å². The number of piperidine rings is 1. The Kier molecular flexibility index (Phi) is 4.66. The van der Waals surface area contributed by atoms with Crippen LogP contribution in [0.5, 0.6) is 0 Å². The Balaban J connectivity index is 2.27. The van der Waals surface area contributed by atoms with Gasteiger partial charge in [-0.1, -0.05) is 13.0 Å². The third-order valence-corrected chi connectivity index (χ3v) is 4.98. The molecule has 114 valence electrons. The van der Waals surface area contributed by atoms with Crippen LogP contribution >= 0.6 is 15.9 Å². The summed E-state index contributed by atoms with van der Waals surface area (Å²) in [6.07, 6.45) is 1.67. The Bertz CT molecular complexity index is 578. The van der Waals surface area contributed by atoms with Gasteiger partial charge in [0.05, 0.1) is 15.5 Å². The number of nitrogens with zero attached hydrogens (tertiary/aromatic N) is 1. The molecule has 1 atom stereocenters. The van der Waals surface area contributed by atoms with Crippen molar-refractivity contribution in [2.24, 2.45) is 5.41 Å². The van der Waals surface area contributed by atoms with Gasteiger partial charge in [0.25, 0.3) is 5.91 Å². The standard InChI is InChI=1S/C15H17BrFNO3/c1-2-15(14(20)21)7-4-8-18(9-15)13(19)10-5-3-6-11(17)12(10)16/h3,5-6H,2,4,7-9H2,1H3,(H,20,21). The van der Waals surface area contributed by atoms with Crippen LogP contribution in [-0.2, 0) is 4.79 Å². The lowest BCUT2D eigenvalue weighted by Gasteiger charge is -2.39. The van der Waals surface area contributed by atoms with Gasteiger partial charge in [0.15, 0.2) is 0 Å². The van der Waals surface area contributed by atoms with E-state index in [4.69, 9.17) is 0 Å². The molecule has 0 saturated carbocycles. The van der Waals surface area contributed by atoms with Crippen molar-refractivity contribution in [3.63, 3.8) is 0 Å². The van der Waals surface area contributed by atoms with E-state index in [1.165, 1.54) is 17.0 Å². The Morgan fingerprint density at radius 1 is 1.48 bits per heavy atom. The molecule has 2 rings (SSSR count). The second-order valence-electron chi connectivity index (χ2n) is 5.37. The molecule has 1 aromatic rings. The van der Waals surface area contributed by atoms with Gasteiger partial charge in [-0.3, -0.25) is 9.59 Å². The lowest BCUT2D eigenvalue weighted by molar-refractivity contribution is -0.152. The first-order valence-electron chi connectivity index (χ1n) is 6.88. The van der Waals surface area contributed by atoms with Gasteiger partial charge >= 0.3 is 5.97 Å². The van der Waals surface area contributed by atoms with Crippen molar-refractivity contribution in [1.29, 1.82) is 0 Å². The summed E-state index contributed by atoms with van der Waals surface area (Å²) in [7, 11) is 0. The molecular formula is C15H17BrFNO3. The van der Waals surface area contributed by atoms with E-state index in [-0.39, 0.29) is 22.5 Å². The minimum Gasteiger partial charge on any atom is -0.481 e. The molecule has 21 heavy (non-hydrogen) atoms. The molecular weight excluding hydrogens is 341 g/mol. The van der Waals surface area contributed by atoms with Gasteiger partial charge in [0, 0.05) is 13.1 Å². The number of halogens is 2. The Labute approximate surface area is 131 Å². The quantitative estimate of drug-likeness (QED) is 0.902. The zero-order chi connectivity index (χ0) is 15.6. The molecule has 0 radical (unpaired) electrons. The van der Waals surface area contributed by atoms with Crippen molar-refractivity contribution in [1.82, 2.24) is 4.90 Å². The highest BCUT2D eigenvalue weighted by molar-refractivity contribution is 9.10.